The molecule has 2 heterocycles. The molecule has 3 rings (SSSR count). The molecule has 0 aromatic heterocycles. The van der Waals surface area contributed by atoms with Gasteiger partial charge in [0.05, 0.1) is 36.5 Å². The van der Waals surface area contributed by atoms with Crippen LogP contribution in [0.25, 0.3) is 0 Å². The molecule has 0 saturated carbocycles. The summed E-state index contributed by atoms with van der Waals surface area (Å²) < 4.78 is 72.0. The first kappa shape index (κ1) is 19.3. The van der Waals surface area contributed by atoms with Gasteiger partial charge in [-0.15, -0.1) is 0 Å². The summed E-state index contributed by atoms with van der Waals surface area (Å²) in [5.41, 5.74) is -1.02. The predicted octanol–water partition coefficient (Wildman–Crippen LogP) is 3.84. The number of carboxylic acids is 1. The van der Waals surface area contributed by atoms with E-state index in [1.54, 1.807) is 0 Å². The monoisotopic (exact) mass is 390 g/mol. The minimum absolute atomic E-state index is 0.0262. The Balaban J connectivity index is 2.17. The van der Waals surface area contributed by atoms with Gasteiger partial charge in [-0.25, -0.2) is 8.78 Å². The predicted molar refractivity (Wildman–Crippen MR) is 85.8 cm³/mol. The molecule has 1 N–H and O–H groups in total. The van der Waals surface area contributed by atoms with Crippen LogP contribution in [0.3, 0.4) is 0 Å². The number of hydrogen-bond acceptors (Lipinski definition) is 4. The van der Waals surface area contributed by atoms with E-state index < -0.39 is 42.4 Å². The largest absolute Gasteiger partial charge is 0.481 e. The van der Waals surface area contributed by atoms with E-state index in [-0.39, 0.29) is 35.8 Å². The quantitative estimate of drug-likeness (QED) is 0.797. The molecule has 0 fully saturated rings. The lowest BCUT2D eigenvalue weighted by atomic mass is 10.0. The zero-order valence-corrected chi connectivity index (χ0v) is 14.1. The Kier molecular flexibility index (Phi) is 4.94. The van der Waals surface area contributed by atoms with Gasteiger partial charge in [-0.05, 0) is 30.7 Å². The summed E-state index contributed by atoms with van der Waals surface area (Å²) >= 11 is 0. The molecular weight excluding hydrogens is 375 g/mol. The average Bonchev–Trinajstić information content (AvgIpc) is 2.70. The van der Waals surface area contributed by atoms with E-state index in [0.29, 0.717) is 0 Å². The summed E-state index contributed by atoms with van der Waals surface area (Å²) in [6.45, 7) is 1.02. The molecule has 0 aliphatic carbocycles. The number of amidine groups is 1. The van der Waals surface area contributed by atoms with Crippen molar-refractivity contribution < 1.29 is 36.6 Å². The maximum absolute atomic E-state index is 13.7. The molecule has 27 heavy (non-hydrogen) atoms. The molecule has 1 atom stereocenters. The number of halogens is 5. The van der Waals surface area contributed by atoms with Crippen LogP contribution in [0.1, 0.15) is 24.5 Å². The van der Waals surface area contributed by atoms with Crippen LogP contribution in [0.2, 0.25) is 0 Å². The molecule has 2 aliphatic heterocycles. The SMILES string of the molecule is CC1=C(C(F)F)N2C(=NC1)C(CC(=O)O)OCc1cc(C(F)(F)F)ccc12. The fourth-order valence-electron chi connectivity index (χ4n) is 3.12. The van der Waals surface area contributed by atoms with Gasteiger partial charge in [0, 0.05) is 5.56 Å². The van der Waals surface area contributed by atoms with Gasteiger partial charge in [-0.1, -0.05) is 0 Å². The minimum atomic E-state index is -4.61. The number of aliphatic carboxylic acids is 1. The number of carboxylic acid groups (broad SMARTS) is 1. The number of alkyl halides is 5. The number of rotatable bonds is 3. The molecule has 1 aromatic rings. The maximum Gasteiger partial charge on any atom is 0.416 e. The normalized spacial score (nSPS) is 20.2. The molecule has 1 aromatic carbocycles. The van der Waals surface area contributed by atoms with Crippen molar-refractivity contribution in [3.63, 3.8) is 0 Å². The molecule has 146 valence electrons. The fraction of sp³-hybridized carbons (Fsp3) is 0.412. The molecule has 0 bridgehead atoms. The van der Waals surface area contributed by atoms with E-state index in [1.165, 1.54) is 6.92 Å². The van der Waals surface area contributed by atoms with Crippen LogP contribution in [0.5, 0.6) is 0 Å². The summed E-state index contributed by atoms with van der Waals surface area (Å²) in [5, 5.41) is 9.08. The van der Waals surface area contributed by atoms with Gasteiger partial charge in [0.2, 0.25) is 0 Å². The highest BCUT2D eigenvalue weighted by Gasteiger charge is 2.39. The lowest BCUT2D eigenvalue weighted by Gasteiger charge is -2.34. The minimum Gasteiger partial charge on any atom is -0.481 e. The van der Waals surface area contributed by atoms with Crippen LogP contribution >= 0.6 is 0 Å². The Bertz CT molecular complexity index is 832. The van der Waals surface area contributed by atoms with Gasteiger partial charge in [-0.2, -0.15) is 13.2 Å². The van der Waals surface area contributed by atoms with E-state index in [4.69, 9.17) is 9.84 Å². The molecule has 0 spiro atoms. The summed E-state index contributed by atoms with van der Waals surface area (Å²) in [5.74, 6) is -1.29. The topological polar surface area (TPSA) is 62.1 Å². The second-order valence-electron chi connectivity index (χ2n) is 6.21. The third-order valence-electron chi connectivity index (χ3n) is 4.33. The second kappa shape index (κ2) is 6.91. The highest BCUT2D eigenvalue weighted by Crippen LogP contribution is 2.39. The molecular formula is C17H15F5N2O3. The second-order valence-corrected chi connectivity index (χ2v) is 6.21. The van der Waals surface area contributed by atoms with Gasteiger partial charge in [-0.3, -0.25) is 14.7 Å². The van der Waals surface area contributed by atoms with Gasteiger partial charge < -0.3 is 9.84 Å². The molecule has 10 heteroatoms. The van der Waals surface area contributed by atoms with E-state index >= 15 is 0 Å². The van der Waals surface area contributed by atoms with Crippen LogP contribution in [-0.4, -0.2) is 36.0 Å². The third kappa shape index (κ3) is 3.66. The standard InChI is InChI=1S/C17H15F5N2O3/c1-8-6-23-16-12(5-13(25)26)27-7-9-4-10(17(20,21)22)2-3-11(9)24(16)14(8)15(18)19/h2-4,12,15H,5-7H2,1H3,(H,25,26). The number of fused-ring (bicyclic) bond motifs is 3. The lowest BCUT2D eigenvalue weighted by Crippen LogP contribution is -2.44. The van der Waals surface area contributed by atoms with Crippen molar-refractivity contribution in [2.45, 2.75) is 38.7 Å². The van der Waals surface area contributed by atoms with Crippen LogP contribution in [0.15, 0.2) is 34.5 Å². The molecule has 0 radical (unpaired) electrons. The number of carbonyl (C=O) groups is 1. The number of hydrogen-bond donors (Lipinski definition) is 1. The molecule has 1 unspecified atom stereocenters. The number of aliphatic imine (C=N–C) groups is 1. The van der Waals surface area contributed by atoms with Crippen LogP contribution in [-0.2, 0) is 22.3 Å². The fourth-order valence-corrected chi connectivity index (χ4v) is 3.12. The number of benzene rings is 1. The van der Waals surface area contributed by atoms with E-state index in [1.807, 2.05) is 0 Å². The summed E-state index contributed by atoms with van der Waals surface area (Å²) in [6, 6.07) is 2.70. The van der Waals surface area contributed by atoms with Crippen molar-refractivity contribution in [2.75, 3.05) is 11.4 Å². The van der Waals surface area contributed by atoms with E-state index in [0.717, 1.165) is 23.1 Å². The molecule has 0 saturated heterocycles. The number of allylic oxidation sites excluding steroid dienone is 1. The van der Waals surface area contributed by atoms with Crippen LogP contribution in [0, 0.1) is 0 Å². The highest BCUT2D eigenvalue weighted by molar-refractivity contribution is 6.06. The Morgan fingerprint density at radius 2 is 2.11 bits per heavy atom. The maximum atomic E-state index is 13.7. The lowest BCUT2D eigenvalue weighted by molar-refractivity contribution is -0.139. The van der Waals surface area contributed by atoms with Crippen LogP contribution in [0.4, 0.5) is 27.6 Å². The van der Waals surface area contributed by atoms with Crippen molar-refractivity contribution >= 4 is 17.5 Å². The van der Waals surface area contributed by atoms with Crippen molar-refractivity contribution in [1.82, 2.24) is 0 Å². The third-order valence-corrected chi connectivity index (χ3v) is 4.33. The number of anilines is 1. The Hall–Kier alpha value is -2.49. The zero-order chi connectivity index (χ0) is 19.9. The van der Waals surface area contributed by atoms with Crippen molar-refractivity contribution in [1.29, 1.82) is 0 Å². The van der Waals surface area contributed by atoms with Crippen molar-refractivity contribution in [3.8, 4) is 0 Å². The van der Waals surface area contributed by atoms with E-state index in [9.17, 15) is 26.7 Å². The first-order chi connectivity index (χ1) is 12.6. The smallest absolute Gasteiger partial charge is 0.416 e. The average molecular weight is 390 g/mol. The Morgan fingerprint density at radius 1 is 1.41 bits per heavy atom. The zero-order valence-electron chi connectivity index (χ0n) is 14.1. The Labute approximate surface area is 150 Å². The summed E-state index contributed by atoms with van der Waals surface area (Å²) in [6.07, 6.45) is -9.25. The summed E-state index contributed by atoms with van der Waals surface area (Å²) in [4.78, 5) is 16.3. The van der Waals surface area contributed by atoms with Gasteiger partial charge >= 0.3 is 12.1 Å². The summed E-state index contributed by atoms with van der Waals surface area (Å²) in [7, 11) is 0. The number of ether oxygens (including phenoxy) is 1. The van der Waals surface area contributed by atoms with Gasteiger partial charge in [0.1, 0.15) is 11.9 Å². The molecule has 0 amide bonds. The molecule has 5 nitrogen and oxygen atoms in total. The van der Waals surface area contributed by atoms with Crippen LogP contribution < -0.4 is 4.90 Å². The Morgan fingerprint density at radius 3 is 2.70 bits per heavy atom. The van der Waals surface area contributed by atoms with Crippen molar-refractivity contribution in [2.24, 2.45) is 4.99 Å². The highest BCUT2D eigenvalue weighted by atomic mass is 19.4. The first-order valence-electron chi connectivity index (χ1n) is 7.95. The van der Waals surface area contributed by atoms with E-state index in [2.05, 4.69) is 4.99 Å². The van der Waals surface area contributed by atoms with Gasteiger partial charge in [0.15, 0.2) is 0 Å². The number of nitrogens with zero attached hydrogens (tertiary/aromatic N) is 2. The van der Waals surface area contributed by atoms with Crippen molar-refractivity contribution in [3.05, 3.63) is 40.6 Å². The van der Waals surface area contributed by atoms with Gasteiger partial charge in [0.25, 0.3) is 6.43 Å². The first-order valence-corrected chi connectivity index (χ1v) is 7.95. The molecule has 2 aliphatic rings.